The number of amides is 1. The number of halogens is 1. The molecule has 9 heteroatoms. The second kappa shape index (κ2) is 10.1. The molecular weight excluding hydrogens is 573 g/mol. The largest absolute Gasteiger partial charge is 0.481 e. The van der Waals surface area contributed by atoms with Crippen molar-refractivity contribution in [3.63, 3.8) is 0 Å². The van der Waals surface area contributed by atoms with E-state index in [-0.39, 0.29) is 5.91 Å². The van der Waals surface area contributed by atoms with Crippen LogP contribution >= 0.6 is 33.9 Å². The van der Waals surface area contributed by atoms with Crippen molar-refractivity contribution < 1.29 is 9.53 Å². The number of hydrogen-bond acceptors (Lipinski definition) is 6. The van der Waals surface area contributed by atoms with Crippen LogP contribution in [0.25, 0.3) is 21.5 Å². The summed E-state index contributed by atoms with van der Waals surface area (Å²) < 4.78 is 7.76. The van der Waals surface area contributed by atoms with Gasteiger partial charge in [-0.25, -0.2) is 9.97 Å². The molecule has 7 nitrogen and oxygen atoms in total. The van der Waals surface area contributed by atoms with Gasteiger partial charge in [-0.3, -0.25) is 9.48 Å². The minimum Gasteiger partial charge on any atom is -0.481 e. The third kappa shape index (κ3) is 4.78. The fraction of sp³-hybridized carbons (Fsp3) is 0.154. The molecule has 5 rings (SSSR count). The average Bonchev–Trinajstić information content (AvgIpc) is 3.52. The van der Waals surface area contributed by atoms with E-state index in [1.165, 1.54) is 0 Å². The first-order valence-corrected chi connectivity index (χ1v) is 13.3. The Morgan fingerprint density at radius 3 is 2.74 bits per heavy atom. The van der Waals surface area contributed by atoms with Gasteiger partial charge in [0.25, 0.3) is 5.91 Å². The number of benzene rings is 1. The average molecular weight is 595 g/mol. The number of fused-ring (bicyclic) bond motifs is 1. The summed E-state index contributed by atoms with van der Waals surface area (Å²) in [5, 5.41) is 10.7. The Morgan fingerprint density at radius 2 is 2.03 bits per heavy atom. The van der Waals surface area contributed by atoms with Crippen molar-refractivity contribution in [3.8, 4) is 16.5 Å². The van der Waals surface area contributed by atoms with Crippen LogP contribution in [0.2, 0.25) is 0 Å². The van der Waals surface area contributed by atoms with Crippen molar-refractivity contribution in [1.82, 2.24) is 19.7 Å². The van der Waals surface area contributed by atoms with Crippen LogP contribution < -0.4 is 10.1 Å². The molecule has 0 aliphatic carbocycles. The number of carbonyl (C=O) groups excluding carboxylic acids is 1. The van der Waals surface area contributed by atoms with E-state index in [2.05, 4.69) is 32.9 Å². The molecule has 0 fully saturated rings. The van der Waals surface area contributed by atoms with Crippen molar-refractivity contribution in [2.24, 2.45) is 0 Å². The Bertz CT molecular complexity index is 1500. The molecule has 0 saturated heterocycles. The topological polar surface area (TPSA) is 81.9 Å². The predicted octanol–water partition coefficient (Wildman–Crippen LogP) is 6.11. The Kier molecular flexibility index (Phi) is 6.78. The molecule has 1 aromatic carbocycles. The molecule has 5 aromatic rings. The van der Waals surface area contributed by atoms with E-state index in [0.717, 1.165) is 44.1 Å². The standard InChI is InChI=1S/C26H22IN5O2S/c1-16-25(22(13-27)32(31-16)15-17-9-10-24(34-2)28-14-17)30-26(33)19-12-21(23-8-5-11-35-23)29-20-7-4-3-6-18(19)20/h3-12,14H,13,15H2,1-2H3,(H,30,33). The maximum atomic E-state index is 13.6. The van der Waals surface area contributed by atoms with Gasteiger partial charge in [0.1, 0.15) is 0 Å². The molecule has 0 aliphatic rings. The van der Waals surface area contributed by atoms with Crippen LogP contribution in [0.5, 0.6) is 5.88 Å². The third-order valence-corrected chi connectivity index (χ3v) is 7.29. The second-order valence-electron chi connectivity index (χ2n) is 7.91. The number of aromatic nitrogens is 4. The summed E-state index contributed by atoms with van der Waals surface area (Å²) in [6.45, 7) is 2.46. The molecule has 0 aliphatic heterocycles. The maximum Gasteiger partial charge on any atom is 0.256 e. The minimum atomic E-state index is -0.179. The van der Waals surface area contributed by atoms with Crippen LogP contribution in [-0.4, -0.2) is 32.8 Å². The van der Waals surface area contributed by atoms with Gasteiger partial charge in [0.2, 0.25) is 5.88 Å². The van der Waals surface area contributed by atoms with E-state index in [0.29, 0.717) is 22.4 Å². The molecule has 4 heterocycles. The highest BCUT2D eigenvalue weighted by Crippen LogP contribution is 2.30. The molecule has 0 bridgehead atoms. The van der Waals surface area contributed by atoms with Crippen molar-refractivity contribution in [3.05, 3.63) is 88.7 Å². The van der Waals surface area contributed by atoms with Gasteiger partial charge in [-0.15, -0.1) is 11.3 Å². The van der Waals surface area contributed by atoms with Crippen LogP contribution in [0.4, 0.5) is 5.69 Å². The van der Waals surface area contributed by atoms with E-state index in [1.54, 1.807) is 24.6 Å². The molecular formula is C26H22IN5O2S. The zero-order valence-corrected chi connectivity index (χ0v) is 22.1. The molecule has 0 radical (unpaired) electrons. The number of hydrogen-bond donors (Lipinski definition) is 1. The summed E-state index contributed by atoms with van der Waals surface area (Å²) in [7, 11) is 1.59. The molecule has 1 N–H and O–H groups in total. The lowest BCUT2D eigenvalue weighted by Gasteiger charge is -2.11. The van der Waals surface area contributed by atoms with Crippen molar-refractivity contribution in [1.29, 1.82) is 0 Å². The van der Waals surface area contributed by atoms with E-state index in [4.69, 9.17) is 14.8 Å². The summed E-state index contributed by atoms with van der Waals surface area (Å²) in [5.74, 6) is 0.389. The number of ether oxygens (including phenoxy) is 1. The molecule has 1 amide bonds. The fourth-order valence-corrected chi connectivity index (χ4v) is 5.41. The Labute approximate surface area is 220 Å². The van der Waals surface area contributed by atoms with Crippen LogP contribution in [0.3, 0.4) is 0 Å². The summed E-state index contributed by atoms with van der Waals surface area (Å²) >= 11 is 3.91. The third-order valence-electron chi connectivity index (χ3n) is 5.67. The normalized spacial score (nSPS) is 11.1. The lowest BCUT2D eigenvalue weighted by Crippen LogP contribution is -2.15. The van der Waals surface area contributed by atoms with E-state index in [1.807, 2.05) is 71.6 Å². The predicted molar refractivity (Wildman–Crippen MR) is 148 cm³/mol. The fourth-order valence-electron chi connectivity index (χ4n) is 3.95. The van der Waals surface area contributed by atoms with Crippen LogP contribution in [0.15, 0.2) is 66.2 Å². The Morgan fingerprint density at radius 1 is 1.17 bits per heavy atom. The lowest BCUT2D eigenvalue weighted by atomic mass is 10.1. The molecule has 0 spiro atoms. The number of thiophene rings is 1. The molecule has 4 aromatic heterocycles. The molecule has 0 saturated carbocycles. The van der Waals surface area contributed by atoms with Gasteiger partial charge in [-0.1, -0.05) is 52.9 Å². The quantitative estimate of drug-likeness (QED) is 0.182. The van der Waals surface area contributed by atoms with Gasteiger partial charge in [0.05, 0.1) is 52.4 Å². The molecule has 176 valence electrons. The van der Waals surface area contributed by atoms with Crippen LogP contribution in [-0.2, 0) is 11.0 Å². The first-order chi connectivity index (χ1) is 17.1. The van der Waals surface area contributed by atoms with E-state index >= 15 is 0 Å². The van der Waals surface area contributed by atoms with Gasteiger partial charge >= 0.3 is 0 Å². The Hall–Kier alpha value is -3.31. The van der Waals surface area contributed by atoms with E-state index < -0.39 is 0 Å². The second-order valence-corrected chi connectivity index (χ2v) is 9.62. The molecule has 0 unspecified atom stereocenters. The van der Waals surface area contributed by atoms with E-state index in [9.17, 15) is 4.79 Å². The smallest absolute Gasteiger partial charge is 0.256 e. The van der Waals surface area contributed by atoms with Gasteiger partial charge in [0.15, 0.2) is 0 Å². The number of nitrogens with one attached hydrogen (secondary N) is 1. The lowest BCUT2D eigenvalue weighted by molar-refractivity contribution is 0.102. The minimum absolute atomic E-state index is 0.179. The van der Waals surface area contributed by atoms with Crippen molar-refractivity contribution in [2.45, 2.75) is 17.9 Å². The summed E-state index contributed by atoms with van der Waals surface area (Å²) in [5.41, 5.74) is 5.62. The SMILES string of the molecule is COc1ccc(Cn2nc(C)c(NC(=O)c3cc(-c4cccs4)nc4ccccc34)c2CI)cn1. The number of nitrogens with zero attached hydrogens (tertiary/aromatic N) is 4. The van der Waals surface area contributed by atoms with Gasteiger partial charge < -0.3 is 10.1 Å². The first kappa shape index (κ1) is 23.4. The zero-order valence-electron chi connectivity index (χ0n) is 19.2. The summed E-state index contributed by atoms with van der Waals surface area (Å²) in [6, 6.07) is 17.4. The summed E-state index contributed by atoms with van der Waals surface area (Å²) in [4.78, 5) is 23.7. The van der Waals surface area contributed by atoms with Crippen LogP contribution in [0, 0.1) is 6.92 Å². The van der Waals surface area contributed by atoms with Crippen molar-refractivity contribution in [2.75, 3.05) is 12.4 Å². The van der Waals surface area contributed by atoms with Gasteiger partial charge in [-0.2, -0.15) is 5.10 Å². The Balaban J connectivity index is 1.49. The summed E-state index contributed by atoms with van der Waals surface area (Å²) in [6.07, 6.45) is 1.78. The molecule has 35 heavy (non-hydrogen) atoms. The highest BCUT2D eigenvalue weighted by Gasteiger charge is 2.20. The number of pyridine rings is 2. The number of alkyl halides is 1. The van der Waals surface area contributed by atoms with Gasteiger partial charge in [0, 0.05) is 22.1 Å². The highest BCUT2D eigenvalue weighted by molar-refractivity contribution is 14.1. The monoisotopic (exact) mass is 595 g/mol. The van der Waals surface area contributed by atoms with Crippen molar-refractivity contribution >= 4 is 56.4 Å². The highest BCUT2D eigenvalue weighted by atomic mass is 127. The molecule has 0 atom stereocenters. The van der Waals surface area contributed by atoms with Crippen LogP contribution in [0.1, 0.15) is 27.3 Å². The number of carbonyl (C=O) groups is 1. The van der Waals surface area contributed by atoms with Gasteiger partial charge in [-0.05, 0) is 36.1 Å². The number of rotatable bonds is 7. The maximum absolute atomic E-state index is 13.6. The number of methoxy groups -OCH3 is 1. The zero-order chi connectivity index (χ0) is 24.4. The number of anilines is 1. The first-order valence-electron chi connectivity index (χ1n) is 10.9. The number of para-hydroxylation sites is 1. The number of aryl methyl sites for hydroxylation is 1.